The Morgan fingerprint density at radius 3 is 2.17 bits per heavy atom. The van der Waals surface area contributed by atoms with Crippen molar-refractivity contribution >= 4 is 16.9 Å². The summed E-state index contributed by atoms with van der Waals surface area (Å²) < 4.78 is 11.8. The van der Waals surface area contributed by atoms with E-state index in [1.54, 1.807) is 4.90 Å². The lowest BCUT2D eigenvalue weighted by Crippen LogP contribution is -2.44. The van der Waals surface area contributed by atoms with Gasteiger partial charge in [0.1, 0.15) is 25.1 Å². The summed E-state index contributed by atoms with van der Waals surface area (Å²) in [5, 5.41) is 12.8. The lowest BCUT2D eigenvalue weighted by atomic mass is 9.98. The van der Waals surface area contributed by atoms with Gasteiger partial charge in [0.05, 0.1) is 6.54 Å². The standard InChI is InChI=1S/C31H31NO4/c1-21(2)32(18-23(33)19-35-30-17-9-11-22-10-3-4-12-24(22)30)31(34)36-20-29-27-15-7-5-13-25(27)26-14-6-8-16-28(26)29/h3-17,21,23,29,33H,18-20H2,1-2H3. The Kier molecular flexibility index (Phi) is 6.92. The zero-order valence-electron chi connectivity index (χ0n) is 20.6. The molecule has 184 valence electrons. The maximum atomic E-state index is 13.1. The molecule has 0 spiro atoms. The van der Waals surface area contributed by atoms with E-state index < -0.39 is 12.2 Å². The third-order valence-corrected chi connectivity index (χ3v) is 6.78. The number of carbonyl (C=O) groups is 1. The number of carbonyl (C=O) groups excluding carboxylic acids is 1. The first-order chi connectivity index (χ1) is 17.5. The van der Waals surface area contributed by atoms with Crippen LogP contribution in [0.5, 0.6) is 5.75 Å². The molecule has 0 saturated carbocycles. The second kappa shape index (κ2) is 10.4. The molecular formula is C31H31NO4. The van der Waals surface area contributed by atoms with E-state index in [1.807, 2.05) is 80.6 Å². The largest absolute Gasteiger partial charge is 0.490 e. The summed E-state index contributed by atoms with van der Waals surface area (Å²) >= 11 is 0. The molecule has 5 heteroatoms. The van der Waals surface area contributed by atoms with Crippen molar-refractivity contribution in [2.75, 3.05) is 19.8 Å². The monoisotopic (exact) mass is 481 g/mol. The van der Waals surface area contributed by atoms with Crippen molar-refractivity contribution in [2.24, 2.45) is 0 Å². The smallest absolute Gasteiger partial charge is 0.410 e. The fourth-order valence-corrected chi connectivity index (χ4v) is 4.96. The van der Waals surface area contributed by atoms with Crippen molar-refractivity contribution in [2.45, 2.75) is 31.9 Å². The Hall–Kier alpha value is -3.83. The number of aliphatic hydroxyl groups is 1. The summed E-state index contributed by atoms with van der Waals surface area (Å²) in [7, 11) is 0. The number of fused-ring (bicyclic) bond motifs is 4. The molecular weight excluding hydrogens is 450 g/mol. The van der Waals surface area contributed by atoms with E-state index in [1.165, 1.54) is 22.3 Å². The Morgan fingerprint density at radius 1 is 0.861 bits per heavy atom. The van der Waals surface area contributed by atoms with E-state index in [0.717, 1.165) is 10.8 Å². The van der Waals surface area contributed by atoms with E-state index in [9.17, 15) is 9.90 Å². The van der Waals surface area contributed by atoms with Gasteiger partial charge in [0.25, 0.3) is 0 Å². The second-order valence-electron chi connectivity index (χ2n) is 9.49. The number of ether oxygens (including phenoxy) is 2. The molecule has 1 atom stereocenters. The minimum absolute atomic E-state index is 0.00465. The summed E-state index contributed by atoms with van der Waals surface area (Å²) in [6.45, 7) is 4.28. The van der Waals surface area contributed by atoms with Crippen LogP contribution >= 0.6 is 0 Å². The summed E-state index contributed by atoms with van der Waals surface area (Å²) in [6, 6.07) is 30.2. The molecule has 4 aromatic rings. The predicted molar refractivity (Wildman–Crippen MR) is 142 cm³/mol. The van der Waals surface area contributed by atoms with Crippen molar-refractivity contribution in [3.8, 4) is 16.9 Å². The number of rotatable bonds is 8. The number of amides is 1. The van der Waals surface area contributed by atoms with Crippen LogP contribution in [0.1, 0.15) is 30.9 Å². The van der Waals surface area contributed by atoms with Crippen molar-refractivity contribution in [3.63, 3.8) is 0 Å². The van der Waals surface area contributed by atoms with Gasteiger partial charge in [-0.25, -0.2) is 4.79 Å². The van der Waals surface area contributed by atoms with Crippen LogP contribution in [-0.4, -0.2) is 48.0 Å². The Morgan fingerprint density at radius 2 is 1.47 bits per heavy atom. The fraction of sp³-hybridized carbons (Fsp3) is 0.258. The van der Waals surface area contributed by atoms with Gasteiger partial charge in [0, 0.05) is 17.3 Å². The van der Waals surface area contributed by atoms with Crippen LogP contribution in [0.3, 0.4) is 0 Å². The molecule has 1 amide bonds. The highest BCUT2D eigenvalue weighted by molar-refractivity contribution is 5.88. The third-order valence-electron chi connectivity index (χ3n) is 6.78. The van der Waals surface area contributed by atoms with Crippen LogP contribution in [0.4, 0.5) is 4.79 Å². The molecule has 36 heavy (non-hydrogen) atoms. The molecule has 1 aliphatic rings. The first-order valence-corrected chi connectivity index (χ1v) is 12.4. The van der Waals surface area contributed by atoms with Gasteiger partial charge in [-0.1, -0.05) is 84.9 Å². The zero-order chi connectivity index (χ0) is 25.1. The van der Waals surface area contributed by atoms with Crippen LogP contribution in [-0.2, 0) is 4.74 Å². The number of aliphatic hydroxyl groups excluding tert-OH is 1. The summed E-state index contributed by atoms with van der Waals surface area (Å²) in [6.07, 6.45) is -1.29. The highest BCUT2D eigenvalue weighted by atomic mass is 16.6. The van der Waals surface area contributed by atoms with Gasteiger partial charge in [0.15, 0.2) is 0 Å². The normalized spacial score (nSPS) is 13.3. The van der Waals surface area contributed by atoms with Crippen LogP contribution in [0, 0.1) is 0 Å². The third kappa shape index (κ3) is 4.79. The molecule has 0 radical (unpaired) electrons. The summed E-state index contributed by atoms with van der Waals surface area (Å²) in [5.41, 5.74) is 4.73. The lowest BCUT2D eigenvalue weighted by molar-refractivity contribution is 0.0420. The molecule has 5 nitrogen and oxygen atoms in total. The quantitative estimate of drug-likeness (QED) is 0.324. The Balaban J connectivity index is 1.22. The number of nitrogens with zero attached hydrogens (tertiary/aromatic N) is 1. The summed E-state index contributed by atoms with van der Waals surface area (Å²) in [4.78, 5) is 14.7. The van der Waals surface area contributed by atoms with Gasteiger partial charge in [-0.15, -0.1) is 0 Å². The van der Waals surface area contributed by atoms with E-state index in [2.05, 4.69) is 24.3 Å². The molecule has 0 saturated heterocycles. The van der Waals surface area contributed by atoms with Gasteiger partial charge >= 0.3 is 6.09 Å². The Bertz CT molecular complexity index is 1310. The van der Waals surface area contributed by atoms with Crippen molar-refractivity contribution in [3.05, 3.63) is 102 Å². The highest BCUT2D eigenvalue weighted by Gasteiger charge is 2.30. The highest BCUT2D eigenvalue weighted by Crippen LogP contribution is 2.44. The van der Waals surface area contributed by atoms with Crippen LogP contribution in [0.2, 0.25) is 0 Å². The van der Waals surface area contributed by atoms with Crippen LogP contribution in [0.15, 0.2) is 91.0 Å². The molecule has 1 N–H and O–H groups in total. The van der Waals surface area contributed by atoms with Gasteiger partial charge in [-0.05, 0) is 47.6 Å². The van der Waals surface area contributed by atoms with E-state index >= 15 is 0 Å². The number of hydrogen-bond acceptors (Lipinski definition) is 4. The SMILES string of the molecule is CC(C)N(CC(O)COc1cccc2ccccc12)C(=O)OCC1c2ccccc2-c2ccccc21. The molecule has 0 aliphatic heterocycles. The van der Waals surface area contributed by atoms with Gasteiger partial charge in [-0.3, -0.25) is 0 Å². The van der Waals surface area contributed by atoms with Crippen molar-refractivity contribution in [1.82, 2.24) is 4.90 Å². The van der Waals surface area contributed by atoms with E-state index in [4.69, 9.17) is 9.47 Å². The molecule has 1 aliphatic carbocycles. The first-order valence-electron chi connectivity index (χ1n) is 12.4. The number of hydrogen-bond donors (Lipinski definition) is 1. The first kappa shape index (κ1) is 23.9. The van der Waals surface area contributed by atoms with E-state index in [-0.39, 0.29) is 31.7 Å². The topological polar surface area (TPSA) is 59.0 Å². The minimum atomic E-state index is -0.855. The van der Waals surface area contributed by atoms with Crippen LogP contribution in [0.25, 0.3) is 21.9 Å². The number of benzene rings is 4. The Labute approximate surface area is 211 Å². The van der Waals surface area contributed by atoms with Crippen molar-refractivity contribution < 1.29 is 19.4 Å². The molecule has 1 unspecified atom stereocenters. The molecule has 4 aromatic carbocycles. The van der Waals surface area contributed by atoms with Gasteiger partial charge in [0.2, 0.25) is 0 Å². The molecule has 0 bridgehead atoms. The molecule has 0 fully saturated rings. The minimum Gasteiger partial charge on any atom is -0.490 e. The van der Waals surface area contributed by atoms with Gasteiger partial charge < -0.3 is 19.5 Å². The average Bonchev–Trinajstić information content (AvgIpc) is 3.22. The summed E-state index contributed by atoms with van der Waals surface area (Å²) in [5.74, 6) is 0.708. The predicted octanol–water partition coefficient (Wildman–Crippen LogP) is 6.24. The lowest BCUT2D eigenvalue weighted by Gasteiger charge is -2.29. The van der Waals surface area contributed by atoms with Crippen LogP contribution < -0.4 is 4.74 Å². The average molecular weight is 482 g/mol. The zero-order valence-corrected chi connectivity index (χ0v) is 20.6. The maximum Gasteiger partial charge on any atom is 0.410 e. The van der Waals surface area contributed by atoms with Crippen molar-refractivity contribution in [1.29, 1.82) is 0 Å². The molecule has 5 rings (SSSR count). The maximum absolute atomic E-state index is 13.1. The van der Waals surface area contributed by atoms with E-state index in [0.29, 0.717) is 5.75 Å². The van der Waals surface area contributed by atoms with Gasteiger partial charge in [-0.2, -0.15) is 0 Å². The molecule has 0 heterocycles. The fourth-order valence-electron chi connectivity index (χ4n) is 4.96. The second-order valence-corrected chi connectivity index (χ2v) is 9.49. The molecule has 0 aromatic heterocycles.